The van der Waals surface area contributed by atoms with Crippen molar-refractivity contribution < 1.29 is 8.42 Å². The molecule has 3 aromatic rings. The zero-order chi connectivity index (χ0) is 18.7. The van der Waals surface area contributed by atoms with Crippen molar-refractivity contribution in [3.63, 3.8) is 0 Å². The van der Waals surface area contributed by atoms with E-state index in [-0.39, 0.29) is 18.3 Å². The van der Waals surface area contributed by atoms with Gasteiger partial charge in [-0.25, -0.2) is 13.1 Å². The van der Waals surface area contributed by atoms with E-state index >= 15 is 0 Å². The number of benzene rings is 1. The summed E-state index contributed by atoms with van der Waals surface area (Å²) in [6, 6.07) is 10.7. The van der Waals surface area contributed by atoms with Gasteiger partial charge in [0.25, 0.3) is 0 Å². The number of sulfonamides is 1. The number of hydrogen-bond acceptors (Lipinski definition) is 4. The Morgan fingerprint density at radius 3 is 2.65 bits per heavy atom. The Hall–Kier alpha value is -1.67. The molecule has 3 rings (SSSR count). The normalized spacial score (nSPS) is 13.0. The monoisotopic (exact) mass is 409 g/mol. The molecule has 0 unspecified atom stereocenters. The molecule has 0 radical (unpaired) electrons. The predicted octanol–water partition coefficient (Wildman–Crippen LogP) is 3.92. The maximum absolute atomic E-state index is 12.6. The fourth-order valence-corrected chi connectivity index (χ4v) is 5.01. The highest BCUT2D eigenvalue weighted by Crippen LogP contribution is 2.23. The smallest absolute Gasteiger partial charge is 0.215 e. The Balaban J connectivity index is 1.80. The van der Waals surface area contributed by atoms with Crippen LogP contribution in [0.4, 0.5) is 0 Å². The molecule has 0 aliphatic rings. The van der Waals surface area contributed by atoms with Crippen LogP contribution in [0.25, 0.3) is 0 Å². The van der Waals surface area contributed by atoms with E-state index in [0.29, 0.717) is 10.6 Å². The molecule has 0 fully saturated rings. The third-order valence-electron chi connectivity index (χ3n) is 4.07. The number of halogens is 1. The topological polar surface area (TPSA) is 64.0 Å². The zero-order valence-electron chi connectivity index (χ0n) is 14.5. The molecule has 0 saturated heterocycles. The lowest BCUT2D eigenvalue weighted by Gasteiger charge is -2.19. The molecule has 2 aromatic heterocycles. The van der Waals surface area contributed by atoms with Gasteiger partial charge in [0.05, 0.1) is 17.5 Å². The van der Waals surface area contributed by atoms with Crippen molar-refractivity contribution in [2.24, 2.45) is 0 Å². The van der Waals surface area contributed by atoms with Crippen LogP contribution in [-0.2, 0) is 15.8 Å². The molecule has 1 atom stereocenters. The van der Waals surface area contributed by atoms with Crippen LogP contribution in [0.5, 0.6) is 0 Å². The van der Waals surface area contributed by atoms with Crippen molar-refractivity contribution in [2.75, 3.05) is 6.54 Å². The fraction of sp³-hybridized carbons (Fsp3) is 0.278. The third-order valence-corrected chi connectivity index (χ3v) is 6.44. The summed E-state index contributed by atoms with van der Waals surface area (Å²) in [6.07, 6.45) is 0. The SMILES string of the molecule is Cc1cc(C)n([C@@H](CNS(=O)(=O)Cc2ccccc2Cl)c2ccsc2)n1. The van der Waals surface area contributed by atoms with Gasteiger partial charge in [0, 0.05) is 17.3 Å². The summed E-state index contributed by atoms with van der Waals surface area (Å²) in [7, 11) is -3.53. The summed E-state index contributed by atoms with van der Waals surface area (Å²) in [6.45, 7) is 4.12. The average molecular weight is 410 g/mol. The van der Waals surface area contributed by atoms with E-state index < -0.39 is 10.0 Å². The number of rotatable bonds is 7. The van der Waals surface area contributed by atoms with Gasteiger partial charge in [0.1, 0.15) is 0 Å². The van der Waals surface area contributed by atoms with Crippen LogP contribution in [0.2, 0.25) is 5.02 Å². The summed E-state index contributed by atoms with van der Waals surface area (Å²) in [5, 5.41) is 8.98. The Bertz CT molecular complexity index is 982. The van der Waals surface area contributed by atoms with Crippen LogP contribution in [0, 0.1) is 13.8 Å². The Morgan fingerprint density at radius 2 is 2.04 bits per heavy atom. The van der Waals surface area contributed by atoms with Crippen molar-refractivity contribution in [1.29, 1.82) is 0 Å². The van der Waals surface area contributed by atoms with Gasteiger partial charge in [-0.1, -0.05) is 29.8 Å². The number of nitrogens with zero attached hydrogens (tertiary/aromatic N) is 2. The standard InChI is InChI=1S/C18H20ClN3O2S2/c1-13-9-14(2)22(21-13)18(15-7-8-25-11-15)10-20-26(23,24)12-16-5-3-4-6-17(16)19/h3-9,11,18,20H,10,12H2,1-2H3/t18-/m0/s1. The fourth-order valence-electron chi connectivity index (χ4n) is 2.85. The quantitative estimate of drug-likeness (QED) is 0.643. The van der Waals surface area contributed by atoms with Gasteiger partial charge in [0.15, 0.2) is 0 Å². The molecule has 2 heterocycles. The van der Waals surface area contributed by atoms with E-state index in [0.717, 1.165) is 17.0 Å². The molecule has 5 nitrogen and oxygen atoms in total. The lowest BCUT2D eigenvalue weighted by molar-refractivity contribution is 0.494. The molecule has 8 heteroatoms. The predicted molar refractivity (Wildman–Crippen MR) is 106 cm³/mol. The molecule has 0 aliphatic heterocycles. The Labute approximate surface area is 162 Å². The maximum Gasteiger partial charge on any atom is 0.215 e. The summed E-state index contributed by atoms with van der Waals surface area (Å²) in [5.74, 6) is -0.153. The molecular weight excluding hydrogens is 390 g/mol. The van der Waals surface area contributed by atoms with Gasteiger partial charge >= 0.3 is 0 Å². The average Bonchev–Trinajstić information content (AvgIpc) is 3.20. The molecule has 1 aromatic carbocycles. The number of hydrogen-bond donors (Lipinski definition) is 1. The molecule has 0 aliphatic carbocycles. The van der Waals surface area contributed by atoms with Crippen molar-refractivity contribution in [3.8, 4) is 0 Å². The first-order chi connectivity index (χ1) is 12.4. The first kappa shape index (κ1) is 19.1. The van der Waals surface area contributed by atoms with Gasteiger partial charge in [-0.05, 0) is 53.9 Å². The summed E-state index contributed by atoms with van der Waals surface area (Å²) >= 11 is 7.67. The molecule has 26 heavy (non-hydrogen) atoms. The molecule has 0 bridgehead atoms. The molecule has 1 N–H and O–H groups in total. The highest BCUT2D eigenvalue weighted by atomic mass is 35.5. The lowest BCUT2D eigenvalue weighted by Crippen LogP contribution is -2.33. The van der Waals surface area contributed by atoms with Gasteiger partial charge in [-0.3, -0.25) is 4.68 Å². The Kier molecular flexibility index (Phi) is 5.82. The number of aryl methyl sites for hydroxylation is 2. The van der Waals surface area contributed by atoms with Crippen molar-refractivity contribution >= 4 is 33.0 Å². The van der Waals surface area contributed by atoms with E-state index in [4.69, 9.17) is 11.6 Å². The third kappa shape index (κ3) is 4.54. The summed E-state index contributed by atoms with van der Waals surface area (Å²) in [5.41, 5.74) is 3.51. The van der Waals surface area contributed by atoms with Crippen LogP contribution in [-0.4, -0.2) is 24.7 Å². The highest BCUT2D eigenvalue weighted by molar-refractivity contribution is 7.88. The van der Waals surface area contributed by atoms with E-state index in [1.807, 2.05) is 41.4 Å². The van der Waals surface area contributed by atoms with E-state index in [2.05, 4.69) is 9.82 Å². The van der Waals surface area contributed by atoms with Crippen LogP contribution < -0.4 is 4.72 Å². The van der Waals surface area contributed by atoms with E-state index in [1.165, 1.54) is 0 Å². The van der Waals surface area contributed by atoms with Gasteiger partial charge < -0.3 is 0 Å². The molecule has 0 amide bonds. The minimum atomic E-state index is -3.53. The van der Waals surface area contributed by atoms with Gasteiger partial charge in [-0.15, -0.1) is 0 Å². The maximum atomic E-state index is 12.6. The van der Waals surface area contributed by atoms with Crippen molar-refractivity contribution in [2.45, 2.75) is 25.6 Å². The molecular formula is C18H20ClN3O2S2. The van der Waals surface area contributed by atoms with Crippen LogP contribution >= 0.6 is 22.9 Å². The van der Waals surface area contributed by atoms with Crippen LogP contribution in [0.1, 0.15) is 28.6 Å². The Morgan fingerprint density at radius 1 is 1.27 bits per heavy atom. The van der Waals surface area contributed by atoms with Crippen LogP contribution in [0.3, 0.4) is 0 Å². The van der Waals surface area contributed by atoms with Crippen molar-refractivity contribution in [1.82, 2.24) is 14.5 Å². The zero-order valence-corrected chi connectivity index (χ0v) is 16.9. The van der Waals surface area contributed by atoms with Crippen molar-refractivity contribution in [3.05, 3.63) is 74.7 Å². The first-order valence-corrected chi connectivity index (χ1v) is 11.1. The largest absolute Gasteiger partial charge is 0.261 e. The first-order valence-electron chi connectivity index (χ1n) is 8.11. The second-order valence-corrected chi connectivity index (χ2v) is 9.14. The number of thiophene rings is 1. The number of aromatic nitrogens is 2. The molecule has 0 saturated carbocycles. The van der Waals surface area contributed by atoms with E-state index in [9.17, 15) is 8.42 Å². The second-order valence-electron chi connectivity index (χ2n) is 6.14. The van der Waals surface area contributed by atoms with E-state index in [1.54, 1.807) is 35.6 Å². The van der Waals surface area contributed by atoms with Crippen LogP contribution in [0.15, 0.2) is 47.2 Å². The lowest BCUT2D eigenvalue weighted by atomic mass is 10.1. The summed E-state index contributed by atoms with van der Waals surface area (Å²) in [4.78, 5) is 0. The van der Waals surface area contributed by atoms with Gasteiger partial charge in [-0.2, -0.15) is 16.4 Å². The molecule has 138 valence electrons. The minimum absolute atomic E-state index is 0.153. The second kappa shape index (κ2) is 7.92. The van der Waals surface area contributed by atoms with Gasteiger partial charge in [0.2, 0.25) is 10.0 Å². The molecule has 0 spiro atoms. The minimum Gasteiger partial charge on any atom is -0.261 e. The highest BCUT2D eigenvalue weighted by Gasteiger charge is 2.21. The summed E-state index contributed by atoms with van der Waals surface area (Å²) < 4.78 is 29.7. The number of nitrogens with one attached hydrogen (secondary N) is 1.